The second-order valence-electron chi connectivity index (χ2n) is 3.56. The summed E-state index contributed by atoms with van der Waals surface area (Å²) in [6.07, 6.45) is 0.813. The molecule has 4 heteroatoms. The molecule has 0 fully saturated rings. The first-order chi connectivity index (χ1) is 7.74. The SMILES string of the molecule is CN(CCCN)C(=O)COc1ccccc1. The Bertz CT molecular complexity index is 314. The summed E-state index contributed by atoms with van der Waals surface area (Å²) in [5.41, 5.74) is 5.37. The van der Waals surface area contributed by atoms with Crippen LogP contribution in [0.5, 0.6) is 5.75 Å². The van der Waals surface area contributed by atoms with Crippen LogP contribution in [-0.2, 0) is 4.79 Å². The molecular formula is C12H18N2O2. The number of likely N-dealkylation sites (N-methyl/N-ethyl adjacent to an activating group) is 1. The third-order valence-corrected chi connectivity index (χ3v) is 2.23. The van der Waals surface area contributed by atoms with Crippen molar-refractivity contribution in [1.29, 1.82) is 0 Å². The molecule has 0 bridgehead atoms. The van der Waals surface area contributed by atoms with Gasteiger partial charge in [-0.05, 0) is 25.1 Å². The lowest BCUT2D eigenvalue weighted by molar-refractivity contribution is -0.132. The first-order valence-corrected chi connectivity index (χ1v) is 5.36. The van der Waals surface area contributed by atoms with E-state index in [1.54, 1.807) is 11.9 Å². The summed E-state index contributed by atoms with van der Waals surface area (Å²) in [5.74, 6) is 0.681. The molecule has 0 aliphatic rings. The van der Waals surface area contributed by atoms with Crippen molar-refractivity contribution in [3.05, 3.63) is 30.3 Å². The number of ether oxygens (including phenoxy) is 1. The predicted molar refractivity (Wildman–Crippen MR) is 63.2 cm³/mol. The molecule has 4 nitrogen and oxygen atoms in total. The van der Waals surface area contributed by atoms with E-state index in [1.807, 2.05) is 30.3 Å². The second-order valence-corrected chi connectivity index (χ2v) is 3.56. The zero-order valence-electron chi connectivity index (χ0n) is 9.56. The minimum absolute atomic E-state index is 0.0303. The fourth-order valence-electron chi connectivity index (χ4n) is 1.23. The number of nitrogens with two attached hydrogens (primary N) is 1. The van der Waals surface area contributed by atoms with Gasteiger partial charge in [0.15, 0.2) is 6.61 Å². The van der Waals surface area contributed by atoms with E-state index in [2.05, 4.69) is 0 Å². The van der Waals surface area contributed by atoms with Crippen molar-refractivity contribution in [1.82, 2.24) is 4.90 Å². The van der Waals surface area contributed by atoms with Gasteiger partial charge in [-0.15, -0.1) is 0 Å². The molecule has 88 valence electrons. The molecule has 0 aromatic heterocycles. The number of carbonyl (C=O) groups is 1. The maximum Gasteiger partial charge on any atom is 0.260 e. The van der Waals surface area contributed by atoms with E-state index in [-0.39, 0.29) is 12.5 Å². The lowest BCUT2D eigenvalue weighted by atomic mass is 10.3. The number of benzene rings is 1. The Kier molecular flexibility index (Phi) is 5.36. The standard InChI is InChI=1S/C12H18N2O2/c1-14(9-5-8-13)12(15)10-16-11-6-3-2-4-7-11/h2-4,6-7H,5,8-10,13H2,1H3. The molecule has 1 rings (SSSR count). The van der Waals surface area contributed by atoms with Gasteiger partial charge in [0.05, 0.1) is 0 Å². The molecule has 0 saturated heterocycles. The number of amides is 1. The molecular weight excluding hydrogens is 204 g/mol. The second kappa shape index (κ2) is 6.85. The van der Waals surface area contributed by atoms with E-state index in [0.29, 0.717) is 18.8 Å². The van der Waals surface area contributed by atoms with Gasteiger partial charge in [-0.2, -0.15) is 0 Å². The van der Waals surface area contributed by atoms with Gasteiger partial charge in [0.1, 0.15) is 5.75 Å². The number of nitrogens with zero attached hydrogens (tertiary/aromatic N) is 1. The topological polar surface area (TPSA) is 55.6 Å². The summed E-state index contributed by atoms with van der Waals surface area (Å²) in [5, 5.41) is 0. The van der Waals surface area contributed by atoms with Gasteiger partial charge in [0.25, 0.3) is 5.91 Å². The van der Waals surface area contributed by atoms with E-state index >= 15 is 0 Å². The molecule has 0 atom stereocenters. The van der Waals surface area contributed by atoms with Crippen molar-refractivity contribution in [2.45, 2.75) is 6.42 Å². The number of rotatable bonds is 6. The van der Waals surface area contributed by atoms with Crippen LogP contribution in [0.25, 0.3) is 0 Å². The van der Waals surface area contributed by atoms with E-state index in [9.17, 15) is 4.79 Å². The predicted octanol–water partition coefficient (Wildman–Crippen LogP) is 0.873. The molecule has 1 aromatic carbocycles. The molecule has 0 aliphatic carbocycles. The first-order valence-electron chi connectivity index (χ1n) is 5.36. The van der Waals surface area contributed by atoms with Crippen LogP contribution in [0.3, 0.4) is 0 Å². The van der Waals surface area contributed by atoms with Crippen LogP contribution < -0.4 is 10.5 Å². The van der Waals surface area contributed by atoms with Gasteiger partial charge in [0.2, 0.25) is 0 Å². The van der Waals surface area contributed by atoms with Gasteiger partial charge in [0, 0.05) is 13.6 Å². The van der Waals surface area contributed by atoms with Crippen LogP contribution in [0, 0.1) is 0 Å². The highest BCUT2D eigenvalue weighted by atomic mass is 16.5. The van der Waals surface area contributed by atoms with Crippen molar-refractivity contribution in [2.75, 3.05) is 26.7 Å². The Balaban J connectivity index is 2.29. The highest BCUT2D eigenvalue weighted by Crippen LogP contribution is 2.08. The van der Waals surface area contributed by atoms with Gasteiger partial charge in [-0.1, -0.05) is 18.2 Å². The van der Waals surface area contributed by atoms with Gasteiger partial charge < -0.3 is 15.4 Å². The maximum atomic E-state index is 11.6. The number of para-hydroxylation sites is 1. The van der Waals surface area contributed by atoms with Crippen LogP contribution >= 0.6 is 0 Å². The summed E-state index contributed by atoms with van der Waals surface area (Å²) in [7, 11) is 1.76. The zero-order chi connectivity index (χ0) is 11.8. The Morgan fingerprint density at radius 1 is 1.38 bits per heavy atom. The maximum absolute atomic E-state index is 11.6. The Morgan fingerprint density at radius 3 is 2.69 bits per heavy atom. The zero-order valence-corrected chi connectivity index (χ0v) is 9.56. The first kappa shape index (κ1) is 12.5. The number of carbonyl (C=O) groups excluding carboxylic acids is 1. The normalized spacial score (nSPS) is 9.88. The summed E-state index contributed by atoms with van der Waals surface area (Å²) in [6.45, 7) is 1.34. The molecule has 1 aromatic rings. The van der Waals surface area contributed by atoms with Gasteiger partial charge in [-0.25, -0.2) is 0 Å². The molecule has 0 aliphatic heterocycles. The molecule has 2 N–H and O–H groups in total. The van der Waals surface area contributed by atoms with E-state index in [1.165, 1.54) is 0 Å². The molecule has 0 spiro atoms. The summed E-state index contributed by atoms with van der Waals surface area (Å²) in [4.78, 5) is 13.2. The molecule has 0 saturated carbocycles. The summed E-state index contributed by atoms with van der Waals surface area (Å²) in [6, 6.07) is 9.30. The Hall–Kier alpha value is -1.55. The number of hydrogen-bond donors (Lipinski definition) is 1. The largest absolute Gasteiger partial charge is 0.484 e. The van der Waals surface area contributed by atoms with Gasteiger partial charge in [-0.3, -0.25) is 4.79 Å². The molecule has 16 heavy (non-hydrogen) atoms. The van der Waals surface area contributed by atoms with E-state index in [4.69, 9.17) is 10.5 Å². The number of hydrogen-bond acceptors (Lipinski definition) is 3. The monoisotopic (exact) mass is 222 g/mol. The summed E-state index contributed by atoms with van der Waals surface area (Å²) >= 11 is 0. The van der Waals surface area contributed by atoms with Crippen LogP contribution in [0.1, 0.15) is 6.42 Å². The van der Waals surface area contributed by atoms with Gasteiger partial charge >= 0.3 is 0 Å². The smallest absolute Gasteiger partial charge is 0.260 e. The quantitative estimate of drug-likeness (QED) is 0.777. The highest BCUT2D eigenvalue weighted by molar-refractivity contribution is 5.77. The Morgan fingerprint density at radius 2 is 2.06 bits per heavy atom. The van der Waals surface area contributed by atoms with E-state index in [0.717, 1.165) is 6.42 Å². The minimum atomic E-state index is -0.0303. The lowest BCUT2D eigenvalue weighted by Crippen LogP contribution is -2.33. The minimum Gasteiger partial charge on any atom is -0.484 e. The fourth-order valence-corrected chi connectivity index (χ4v) is 1.23. The molecule has 1 amide bonds. The average molecular weight is 222 g/mol. The summed E-state index contributed by atoms with van der Waals surface area (Å²) < 4.78 is 5.35. The van der Waals surface area contributed by atoms with Crippen molar-refractivity contribution < 1.29 is 9.53 Å². The van der Waals surface area contributed by atoms with Crippen LogP contribution in [0.2, 0.25) is 0 Å². The van der Waals surface area contributed by atoms with E-state index < -0.39 is 0 Å². The Labute approximate surface area is 96.0 Å². The highest BCUT2D eigenvalue weighted by Gasteiger charge is 2.08. The van der Waals surface area contributed by atoms with Crippen molar-refractivity contribution >= 4 is 5.91 Å². The molecule has 0 unspecified atom stereocenters. The molecule has 0 heterocycles. The third kappa shape index (κ3) is 4.31. The van der Waals surface area contributed by atoms with Crippen molar-refractivity contribution in [2.24, 2.45) is 5.73 Å². The van der Waals surface area contributed by atoms with Crippen molar-refractivity contribution in [3.8, 4) is 5.75 Å². The lowest BCUT2D eigenvalue weighted by Gasteiger charge is -2.16. The van der Waals surface area contributed by atoms with Crippen LogP contribution in [0.4, 0.5) is 0 Å². The van der Waals surface area contributed by atoms with Crippen molar-refractivity contribution in [3.63, 3.8) is 0 Å². The van der Waals surface area contributed by atoms with Crippen LogP contribution in [0.15, 0.2) is 30.3 Å². The average Bonchev–Trinajstić information content (AvgIpc) is 2.34. The fraction of sp³-hybridized carbons (Fsp3) is 0.417. The third-order valence-electron chi connectivity index (χ3n) is 2.23. The molecule has 0 radical (unpaired) electrons. The van der Waals surface area contributed by atoms with Crippen LogP contribution in [-0.4, -0.2) is 37.6 Å².